The first-order chi connectivity index (χ1) is 10.4. The van der Waals surface area contributed by atoms with E-state index in [1.807, 2.05) is 0 Å². The van der Waals surface area contributed by atoms with Crippen LogP contribution in [0.4, 0.5) is 0 Å². The van der Waals surface area contributed by atoms with E-state index in [0.717, 1.165) is 29.7 Å². The lowest BCUT2D eigenvalue weighted by atomic mass is 10.1. The molecule has 1 aromatic carbocycles. The molecule has 5 nitrogen and oxygen atoms in total. The van der Waals surface area contributed by atoms with Crippen molar-refractivity contribution in [2.45, 2.75) is 31.0 Å². The lowest BCUT2D eigenvalue weighted by molar-refractivity contribution is 0.407. The number of nitrogens with one attached hydrogen (secondary N) is 2. The number of aromatic amines is 1. The minimum absolute atomic E-state index is 0.841. The second kappa shape index (κ2) is 6.95. The lowest BCUT2D eigenvalue weighted by Gasteiger charge is -2.12. The third kappa shape index (κ3) is 3.57. The van der Waals surface area contributed by atoms with Crippen LogP contribution in [0.15, 0.2) is 23.6 Å². The highest BCUT2D eigenvalue weighted by Crippen LogP contribution is 2.29. The maximum Gasteiger partial charge on any atom is 0.183 e. The van der Waals surface area contributed by atoms with Gasteiger partial charge in [0.25, 0.3) is 0 Å². The Hall–Kier alpha value is -1.53. The van der Waals surface area contributed by atoms with E-state index in [2.05, 4.69) is 32.6 Å². The van der Waals surface area contributed by atoms with E-state index in [1.54, 1.807) is 18.9 Å². The number of nitrogens with zero attached hydrogens (tertiary/aromatic N) is 2. The molecule has 0 unspecified atom stereocenters. The highest BCUT2D eigenvalue weighted by molar-refractivity contribution is 7.99. The summed E-state index contributed by atoms with van der Waals surface area (Å²) in [7, 11) is 1.75. The van der Waals surface area contributed by atoms with Crippen LogP contribution in [0.3, 0.4) is 0 Å². The maximum atomic E-state index is 5.52. The van der Waals surface area contributed by atoms with E-state index in [4.69, 9.17) is 4.74 Å². The molecule has 0 fully saturated rings. The van der Waals surface area contributed by atoms with Gasteiger partial charge in [0.2, 0.25) is 0 Å². The van der Waals surface area contributed by atoms with Crippen LogP contribution in [-0.2, 0) is 19.4 Å². The van der Waals surface area contributed by atoms with Gasteiger partial charge in [-0.3, -0.25) is 5.10 Å². The summed E-state index contributed by atoms with van der Waals surface area (Å²) in [6.07, 6.45) is 5.19. The van der Waals surface area contributed by atoms with Gasteiger partial charge in [-0.05, 0) is 36.5 Å². The molecule has 2 N–H and O–H groups in total. The monoisotopic (exact) mass is 304 g/mol. The molecule has 0 aliphatic heterocycles. The fourth-order valence-electron chi connectivity index (χ4n) is 2.69. The van der Waals surface area contributed by atoms with E-state index in [9.17, 15) is 0 Å². The summed E-state index contributed by atoms with van der Waals surface area (Å²) in [5.74, 6) is 1.97. The fourth-order valence-corrected chi connectivity index (χ4v) is 3.37. The van der Waals surface area contributed by atoms with E-state index >= 15 is 0 Å². The second-order valence-electron chi connectivity index (χ2n) is 5.10. The molecular weight excluding hydrogens is 284 g/mol. The van der Waals surface area contributed by atoms with Crippen molar-refractivity contribution in [3.8, 4) is 5.75 Å². The molecule has 0 saturated heterocycles. The van der Waals surface area contributed by atoms with Gasteiger partial charge in [0.15, 0.2) is 5.16 Å². The third-order valence-corrected chi connectivity index (χ3v) is 4.60. The molecule has 1 aromatic heterocycles. The average Bonchev–Trinajstić information content (AvgIpc) is 3.16. The largest absolute Gasteiger partial charge is 0.496 e. The number of fused-ring (bicyclic) bond motifs is 1. The summed E-state index contributed by atoms with van der Waals surface area (Å²) in [4.78, 5) is 4.09. The quantitative estimate of drug-likeness (QED) is 0.606. The van der Waals surface area contributed by atoms with Crippen molar-refractivity contribution in [1.82, 2.24) is 20.5 Å². The third-order valence-electron chi connectivity index (χ3n) is 3.72. The highest BCUT2D eigenvalue weighted by atomic mass is 32.2. The van der Waals surface area contributed by atoms with E-state index in [-0.39, 0.29) is 0 Å². The molecule has 3 rings (SSSR count). The summed E-state index contributed by atoms with van der Waals surface area (Å²) in [5.41, 5.74) is 4.20. The molecule has 0 atom stereocenters. The predicted molar refractivity (Wildman–Crippen MR) is 83.8 cm³/mol. The molecule has 2 aromatic rings. The van der Waals surface area contributed by atoms with Crippen LogP contribution in [0.25, 0.3) is 0 Å². The minimum Gasteiger partial charge on any atom is -0.496 e. The second-order valence-corrected chi connectivity index (χ2v) is 6.19. The Morgan fingerprint density at radius 1 is 1.33 bits per heavy atom. The van der Waals surface area contributed by atoms with E-state index in [0.29, 0.717) is 0 Å². The minimum atomic E-state index is 0.841. The van der Waals surface area contributed by atoms with Crippen molar-refractivity contribution in [3.05, 3.63) is 35.2 Å². The number of hydrogen-bond acceptors (Lipinski definition) is 5. The van der Waals surface area contributed by atoms with Gasteiger partial charge in [-0.2, -0.15) is 5.10 Å². The summed E-state index contributed by atoms with van der Waals surface area (Å²) < 4.78 is 5.52. The van der Waals surface area contributed by atoms with Crippen LogP contribution in [0.1, 0.15) is 23.1 Å². The van der Waals surface area contributed by atoms with Crippen LogP contribution in [-0.4, -0.2) is 34.6 Å². The van der Waals surface area contributed by atoms with Crippen molar-refractivity contribution in [1.29, 1.82) is 0 Å². The topological polar surface area (TPSA) is 62.8 Å². The van der Waals surface area contributed by atoms with Gasteiger partial charge in [0.05, 0.1) is 7.11 Å². The molecule has 0 amide bonds. The van der Waals surface area contributed by atoms with Crippen molar-refractivity contribution in [3.63, 3.8) is 0 Å². The molecule has 0 radical (unpaired) electrons. The van der Waals surface area contributed by atoms with Crippen LogP contribution in [0, 0.1) is 0 Å². The fraction of sp³-hybridized carbons (Fsp3) is 0.467. The smallest absolute Gasteiger partial charge is 0.183 e. The normalized spacial score (nSPS) is 13.4. The Kier molecular flexibility index (Phi) is 4.77. The summed E-state index contributed by atoms with van der Waals surface area (Å²) >= 11 is 1.67. The molecule has 1 aliphatic rings. The Bertz CT molecular complexity index is 586. The first kappa shape index (κ1) is 14.4. The van der Waals surface area contributed by atoms with Gasteiger partial charge < -0.3 is 10.1 Å². The molecule has 1 aliphatic carbocycles. The molecule has 112 valence electrons. The standard InChI is InChI=1S/C15H20N4OS/c1-20-14-8-12-4-2-3-11(12)7-13(14)9-16-5-6-21-15-17-10-18-19-15/h7-8,10,16H,2-6,9H2,1H3,(H,17,18,19). The number of hydrogen-bond donors (Lipinski definition) is 2. The van der Waals surface area contributed by atoms with Crippen LogP contribution >= 0.6 is 11.8 Å². The summed E-state index contributed by atoms with van der Waals surface area (Å²) in [6, 6.07) is 4.51. The number of ether oxygens (including phenoxy) is 1. The zero-order valence-corrected chi connectivity index (χ0v) is 13.0. The van der Waals surface area contributed by atoms with Gasteiger partial charge in [-0.15, -0.1) is 0 Å². The Labute approximate surface area is 128 Å². The van der Waals surface area contributed by atoms with Crippen molar-refractivity contribution >= 4 is 11.8 Å². The highest BCUT2D eigenvalue weighted by Gasteiger charge is 2.14. The van der Waals surface area contributed by atoms with Gasteiger partial charge >= 0.3 is 0 Å². The number of methoxy groups -OCH3 is 1. The molecular formula is C15H20N4OS. The van der Waals surface area contributed by atoms with E-state index < -0.39 is 0 Å². The zero-order chi connectivity index (χ0) is 14.5. The number of H-pyrrole nitrogens is 1. The number of aromatic nitrogens is 3. The lowest BCUT2D eigenvalue weighted by Crippen LogP contribution is -2.17. The van der Waals surface area contributed by atoms with Crippen molar-refractivity contribution in [2.75, 3.05) is 19.4 Å². The summed E-state index contributed by atoms with van der Waals surface area (Å²) in [6.45, 7) is 1.76. The molecule has 6 heteroatoms. The Balaban J connectivity index is 1.50. The molecule has 0 bridgehead atoms. The molecule has 21 heavy (non-hydrogen) atoms. The number of thioether (sulfide) groups is 1. The number of aryl methyl sites for hydroxylation is 2. The molecule has 0 saturated carbocycles. The zero-order valence-electron chi connectivity index (χ0n) is 12.2. The SMILES string of the molecule is COc1cc2c(cc1CNCCSc1ncn[nH]1)CCC2. The number of rotatable bonds is 7. The average molecular weight is 304 g/mol. The van der Waals surface area contributed by atoms with Crippen LogP contribution < -0.4 is 10.1 Å². The van der Waals surface area contributed by atoms with Crippen molar-refractivity contribution < 1.29 is 4.74 Å². The van der Waals surface area contributed by atoms with Gasteiger partial charge in [-0.1, -0.05) is 17.8 Å². The number of benzene rings is 1. The first-order valence-electron chi connectivity index (χ1n) is 7.24. The van der Waals surface area contributed by atoms with Gasteiger partial charge in [-0.25, -0.2) is 4.98 Å². The van der Waals surface area contributed by atoms with Gasteiger partial charge in [0.1, 0.15) is 12.1 Å². The molecule has 1 heterocycles. The summed E-state index contributed by atoms with van der Waals surface area (Å²) in [5, 5.41) is 11.0. The molecule has 0 spiro atoms. The van der Waals surface area contributed by atoms with Crippen LogP contribution in [0.2, 0.25) is 0 Å². The maximum absolute atomic E-state index is 5.52. The van der Waals surface area contributed by atoms with Crippen molar-refractivity contribution in [2.24, 2.45) is 0 Å². The van der Waals surface area contributed by atoms with Gasteiger partial charge in [0, 0.05) is 24.4 Å². The van der Waals surface area contributed by atoms with Crippen LogP contribution in [0.5, 0.6) is 5.75 Å². The predicted octanol–water partition coefficient (Wildman–Crippen LogP) is 2.18. The Morgan fingerprint density at radius 3 is 2.95 bits per heavy atom. The van der Waals surface area contributed by atoms with E-state index in [1.165, 1.54) is 42.3 Å². The Morgan fingerprint density at radius 2 is 2.19 bits per heavy atom. The first-order valence-corrected chi connectivity index (χ1v) is 8.23.